The monoisotopic (exact) mass is 454 g/mol. The first-order valence-electron chi connectivity index (χ1n) is 13.9. The molecule has 0 aromatic rings. The van der Waals surface area contributed by atoms with Gasteiger partial charge in [-0.25, -0.2) is 0 Å². The maximum atomic E-state index is 13.6. The largest absolute Gasteiger partial charge is 0.453 e. The summed E-state index contributed by atoms with van der Waals surface area (Å²) in [6.07, 6.45) is 13.4. The smallest absolute Gasteiger partial charge is 0.313 e. The van der Waals surface area contributed by atoms with Crippen LogP contribution < -0.4 is 0 Å². The van der Waals surface area contributed by atoms with Crippen molar-refractivity contribution >= 4 is 5.97 Å². The highest BCUT2D eigenvalue weighted by molar-refractivity contribution is 5.82. The van der Waals surface area contributed by atoms with Gasteiger partial charge in [-0.2, -0.15) is 0 Å². The molecule has 0 unspecified atom stereocenters. The summed E-state index contributed by atoms with van der Waals surface area (Å²) in [6, 6.07) is 0. The van der Waals surface area contributed by atoms with E-state index in [2.05, 4.69) is 60.6 Å². The number of carbonyl (C=O) groups excluding carboxylic acids is 1. The Labute approximate surface area is 201 Å². The second kappa shape index (κ2) is 6.29. The van der Waals surface area contributed by atoms with Gasteiger partial charge in [0.2, 0.25) is 0 Å². The van der Waals surface area contributed by atoms with Crippen LogP contribution in [-0.4, -0.2) is 22.8 Å². The van der Waals surface area contributed by atoms with Crippen LogP contribution in [0.15, 0.2) is 12.2 Å². The van der Waals surface area contributed by atoms with Gasteiger partial charge in [0.1, 0.15) is 5.60 Å². The Morgan fingerprint density at radius 3 is 2.39 bits per heavy atom. The maximum Gasteiger partial charge on any atom is 0.313 e. The topological polar surface area (TPSA) is 46.5 Å². The van der Waals surface area contributed by atoms with Gasteiger partial charge in [0.05, 0.1) is 11.5 Å². The van der Waals surface area contributed by atoms with E-state index in [0.29, 0.717) is 29.6 Å². The standard InChI is InChI=1S/C30H46O3/c1-18-8-14-29-17-16-28(7)27(6)13-9-20-25(3,4)22(31)11-12-26(20,5)21(27)10-15-30(28,33-24(29)32)23(29)19(18)2/h10,15,18-23,31H,8-9,11-14,16-17H2,1-7H3/t18-,19+,20-,21-,22+,23-,26+,27-,28+,29+,30-/m1/s1. The third-order valence-corrected chi connectivity index (χ3v) is 13.8. The van der Waals surface area contributed by atoms with Crippen molar-refractivity contribution in [2.24, 2.45) is 56.7 Å². The molecule has 1 heterocycles. The minimum absolute atomic E-state index is 0.0424. The van der Waals surface area contributed by atoms with E-state index in [-0.39, 0.29) is 39.1 Å². The van der Waals surface area contributed by atoms with Gasteiger partial charge in [0.15, 0.2) is 0 Å². The summed E-state index contributed by atoms with van der Waals surface area (Å²) in [7, 11) is 0. The van der Waals surface area contributed by atoms with Crippen LogP contribution in [0.4, 0.5) is 0 Å². The minimum Gasteiger partial charge on any atom is -0.453 e. The van der Waals surface area contributed by atoms with Crippen molar-refractivity contribution in [2.45, 2.75) is 112 Å². The van der Waals surface area contributed by atoms with Gasteiger partial charge in [-0.05, 0) is 97.4 Å². The molecule has 0 aromatic heterocycles. The molecule has 3 heteroatoms. The first-order valence-corrected chi connectivity index (χ1v) is 13.9. The van der Waals surface area contributed by atoms with Gasteiger partial charge in [-0.1, -0.05) is 54.5 Å². The molecule has 6 aliphatic rings. The molecule has 1 saturated heterocycles. The number of ether oxygens (including phenoxy) is 1. The van der Waals surface area contributed by atoms with Crippen molar-refractivity contribution in [1.82, 2.24) is 0 Å². The number of aliphatic hydroxyl groups excluding tert-OH is 1. The van der Waals surface area contributed by atoms with Crippen LogP contribution in [0, 0.1) is 56.7 Å². The average molecular weight is 455 g/mol. The number of aliphatic hydroxyl groups is 1. The number of hydrogen-bond donors (Lipinski definition) is 1. The normalized spacial score (nSPS) is 60.8. The summed E-state index contributed by atoms with van der Waals surface area (Å²) in [6.45, 7) is 17.0. The Morgan fingerprint density at radius 2 is 1.67 bits per heavy atom. The van der Waals surface area contributed by atoms with Crippen molar-refractivity contribution < 1.29 is 14.6 Å². The highest BCUT2D eigenvalue weighted by Gasteiger charge is 2.80. The van der Waals surface area contributed by atoms with Crippen LogP contribution >= 0.6 is 0 Å². The fourth-order valence-electron chi connectivity index (χ4n) is 11.4. The molecule has 5 fully saturated rings. The molecule has 2 bridgehead atoms. The first-order chi connectivity index (χ1) is 15.3. The first kappa shape index (κ1) is 22.6. The fraction of sp³-hybridized carbons (Fsp3) is 0.900. The highest BCUT2D eigenvalue weighted by Crippen LogP contribution is 2.79. The predicted molar refractivity (Wildman–Crippen MR) is 130 cm³/mol. The molecule has 0 radical (unpaired) electrons. The molecule has 3 nitrogen and oxygen atoms in total. The Bertz CT molecular complexity index is 922. The van der Waals surface area contributed by atoms with E-state index in [1.54, 1.807) is 0 Å². The van der Waals surface area contributed by atoms with Crippen molar-refractivity contribution in [2.75, 3.05) is 0 Å². The van der Waals surface area contributed by atoms with Gasteiger partial charge < -0.3 is 9.84 Å². The van der Waals surface area contributed by atoms with E-state index in [9.17, 15) is 9.90 Å². The molecule has 1 N–H and O–H groups in total. The second-order valence-electron chi connectivity index (χ2n) is 14.8. The van der Waals surface area contributed by atoms with Crippen LogP contribution in [0.2, 0.25) is 0 Å². The number of fused-ring (bicyclic) bond motifs is 4. The van der Waals surface area contributed by atoms with E-state index in [1.165, 1.54) is 6.42 Å². The van der Waals surface area contributed by atoms with Crippen LogP contribution in [0.5, 0.6) is 0 Å². The third-order valence-electron chi connectivity index (χ3n) is 13.8. The number of hydrogen-bond acceptors (Lipinski definition) is 3. The van der Waals surface area contributed by atoms with Crippen molar-refractivity contribution in [3.8, 4) is 0 Å². The van der Waals surface area contributed by atoms with E-state index in [1.807, 2.05) is 0 Å². The number of allylic oxidation sites excluding steroid dienone is 1. The number of esters is 1. The molecule has 11 atom stereocenters. The summed E-state index contributed by atoms with van der Waals surface area (Å²) >= 11 is 0. The van der Waals surface area contributed by atoms with Gasteiger partial charge in [0, 0.05) is 11.3 Å². The van der Waals surface area contributed by atoms with Crippen molar-refractivity contribution in [3.63, 3.8) is 0 Å². The number of carbonyl (C=O) groups is 1. The second-order valence-corrected chi connectivity index (χ2v) is 14.8. The SMILES string of the molecule is C[C@H]1[C@H](C)CC[C@@]23CC[C@@]4(C)[C@]5(C)CC[C@@H]6C(C)(C)[C@@H](O)CC[C@]6(C)[C@H]5C=C[C@@]4(OC2=O)[C@H]13. The lowest BCUT2D eigenvalue weighted by molar-refractivity contribution is -0.245. The summed E-state index contributed by atoms with van der Waals surface area (Å²) in [4.78, 5) is 13.6. The van der Waals surface area contributed by atoms with Gasteiger partial charge >= 0.3 is 5.97 Å². The Balaban J connectivity index is 1.52. The van der Waals surface area contributed by atoms with E-state index in [4.69, 9.17) is 4.74 Å². The van der Waals surface area contributed by atoms with Crippen LogP contribution in [0.1, 0.15) is 99.8 Å². The maximum absolute atomic E-state index is 13.6. The Morgan fingerprint density at radius 1 is 0.939 bits per heavy atom. The quantitative estimate of drug-likeness (QED) is 0.334. The third kappa shape index (κ3) is 2.23. The molecule has 0 amide bonds. The molecule has 6 rings (SSSR count). The van der Waals surface area contributed by atoms with Gasteiger partial charge in [-0.15, -0.1) is 0 Å². The molecule has 1 spiro atoms. The Kier molecular flexibility index (Phi) is 4.31. The van der Waals surface area contributed by atoms with Crippen molar-refractivity contribution in [1.29, 1.82) is 0 Å². The van der Waals surface area contributed by atoms with Gasteiger partial charge in [0.25, 0.3) is 0 Å². The number of rotatable bonds is 0. The lowest BCUT2D eigenvalue weighted by Gasteiger charge is -2.72. The summed E-state index contributed by atoms with van der Waals surface area (Å²) in [5.41, 5.74) is -0.514. The molecular weight excluding hydrogens is 408 g/mol. The summed E-state index contributed by atoms with van der Waals surface area (Å²) < 4.78 is 6.71. The van der Waals surface area contributed by atoms with E-state index >= 15 is 0 Å². The van der Waals surface area contributed by atoms with Crippen LogP contribution in [0.3, 0.4) is 0 Å². The predicted octanol–water partition coefficient (Wildman–Crippen LogP) is 6.54. The fourth-order valence-corrected chi connectivity index (χ4v) is 11.4. The molecule has 33 heavy (non-hydrogen) atoms. The van der Waals surface area contributed by atoms with E-state index < -0.39 is 5.60 Å². The summed E-state index contributed by atoms with van der Waals surface area (Å²) in [5.74, 6) is 2.56. The van der Waals surface area contributed by atoms with Gasteiger partial charge in [-0.3, -0.25) is 4.79 Å². The molecule has 1 aliphatic heterocycles. The van der Waals surface area contributed by atoms with E-state index in [0.717, 1.165) is 44.9 Å². The highest BCUT2D eigenvalue weighted by atomic mass is 16.6. The molecular formula is C30H46O3. The lowest BCUT2D eigenvalue weighted by atomic mass is 9.32. The summed E-state index contributed by atoms with van der Waals surface area (Å²) in [5, 5.41) is 10.9. The van der Waals surface area contributed by atoms with Crippen LogP contribution in [0.25, 0.3) is 0 Å². The zero-order chi connectivity index (χ0) is 23.8. The van der Waals surface area contributed by atoms with Crippen LogP contribution in [-0.2, 0) is 9.53 Å². The zero-order valence-electron chi connectivity index (χ0n) is 22.0. The van der Waals surface area contributed by atoms with Crippen molar-refractivity contribution in [3.05, 3.63) is 12.2 Å². The molecule has 184 valence electrons. The minimum atomic E-state index is -0.450. The Hall–Kier alpha value is -0.830. The average Bonchev–Trinajstić information content (AvgIpc) is 2.95. The zero-order valence-corrected chi connectivity index (χ0v) is 22.0. The molecule has 5 aliphatic carbocycles. The molecule has 0 aromatic carbocycles. The lowest BCUT2D eigenvalue weighted by Crippen LogP contribution is -2.71. The molecule has 4 saturated carbocycles.